The van der Waals surface area contributed by atoms with Crippen molar-refractivity contribution in [2.45, 2.75) is 5.67 Å². The number of nitrogens with one attached hydrogen (secondary N) is 3. The topological polar surface area (TPSA) is 121 Å². The number of fused-ring (bicyclic) bond motifs is 1. The number of aliphatic hydroxyl groups excluding tert-OH is 1. The standard InChI is InChI=1S/C26H21F4N5O4/c1-31-24(37)14-4-13(5-15(27)6-14)17-9-33-23-21(17)20(2-3-32-23)39-22-18(28)7-16(8-19(22)29)35-25-34-10-26(30,11-36)12-38-25/h2-9,36H,10-12H2,1H3,(H,31,37)(H,32,33)(H,34,35). The highest BCUT2D eigenvalue weighted by Crippen LogP contribution is 2.39. The van der Waals surface area contributed by atoms with E-state index in [1.165, 1.54) is 37.6 Å². The van der Waals surface area contributed by atoms with E-state index in [2.05, 4.69) is 25.6 Å². The van der Waals surface area contributed by atoms with Gasteiger partial charge in [-0.05, 0) is 29.8 Å². The van der Waals surface area contributed by atoms with Crippen molar-refractivity contribution in [3.8, 4) is 22.6 Å². The van der Waals surface area contributed by atoms with Crippen LogP contribution >= 0.6 is 0 Å². The molecule has 1 atom stereocenters. The number of aliphatic hydroxyl groups is 1. The molecule has 0 bridgehead atoms. The number of ether oxygens (including phenoxy) is 2. The van der Waals surface area contributed by atoms with Crippen molar-refractivity contribution >= 4 is 28.6 Å². The van der Waals surface area contributed by atoms with Crippen LogP contribution in [0.25, 0.3) is 22.2 Å². The number of amidine groups is 1. The molecule has 2 aromatic heterocycles. The molecule has 0 spiro atoms. The number of hydrogen-bond acceptors (Lipinski definition) is 7. The van der Waals surface area contributed by atoms with Crippen LogP contribution in [0, 0.1) is 17.5 Å². The summed E-state index contributed by atoms with van der Waals surface area (Å²) in [6, 6.07) is 6.85. The second kappa shape index (κ2) is 10.3. The summed E-state index contributed by atoms with van der Waals surface area (Å²) in [5.74, 6) is -4.00. The zero-order valence-electron chi connectivity index (χ0n) is 20.3. The fourth-order valence-electron chi connectivity index (χ4n) is 4.00. The van der Waals surface area contributed by atoms with Crippen LogP contribution in [0.2, 0.25) is 0 Å². The fraction of sp³-hybridized carbons (Fsp3) is 0.192. The number of anilines is 1. The number of carbonyl (C=O) groups is 1. The number of carbonyl (C=O) groups excluding carboxylic acids is 1. The van der Waals surface area contributed by atoms with Crippen molar-refractivity contribution in [2.24, 2.45) is 4.99 Å². The summed E-state index contributed by atoms with van der Waals surface area (Å²) in [7, 11) is 1.42. The lowest BCUT2D eigenvalue weighted by molar-refractivity contribution is 0.0181. The number of halogens is 4. The van der Waals surface area contributed by atoms with E-state index in [0.29, 0.717) is 22.2 Å². The van der Waals surface area contributed by atoms with Crippen molar-refractivity contribution in [3.63, 3.8) is 0 Å². The zero-order chi connectivity index (χ0) is 27.7. The molecule has 2 aromatic carbocycles. The van der Waals surface area contributed by atoms with Crippen LogP contribution in [0.1, 0.15) is 10.4 Å². The van der Waals surface area contributed by atoms with E-state index in [-0.39, 0.29) is 29.6 Å². The summed E-state index contributed by atoms with van der Waals surface area (Å²) >= 11 is 0. The van der Waals surface area contributed by atoms with Gasteiger partial charge in [0, 0.05) is 48.4 Å². The number of aliphatic imine (C=N–C) groups is 1. The molecular formula is C26H21F4N5O4. The molecule has 4 aromatic rings. The maximum atomic E-state index is 15.0. The van der Waals surface area contributed by atoms with Crippen LogP contribution in [0.4, 0.5) is 23.2 Å². The number of nitrogens with zero attached hydrogens (tertiary/aromatic N) is 2. The van der Waals surface area contributed by atoms with Gasteiger partial charge in [0.1, 0.15) is 23.8 Å². The summed E-state index contributed by atoms with van der Waals surface area (Å²) in [5.41, 5.74) is -1.03. The summed E-state index contributed by atoms with van der Waals surface area (Å²) in [5, 5.41) is 14.3. The molecule has 39 heavy (non-hydrogen) atoms. The largest absolute Gasteiger partial charge is 0.461 e. The van der Waals surface area contributed by atoms with Gasteiger partial charge in [0.15, 0.2) is 23.1 Å². The molecule has 5 rings (SSSR count). The summed E-state index contributed by atoms with van der Waals surface area (Å²) in [4.78, 5) is 23.0. The average molecular weight is 543 g/mol. The second-order valence-electron chi connectivity index (χ2n) is 8.76. The Kier molecular flexibility index (Phi) is 6.83. The lowest BCUT2D eigenvalue weighted by Crippen LogP contribution is -2.43. The molecule has 1 unspecified atom stereocenters. The van der Waals surface area contributed by atoms with E-state index in [1.807, 2.05) is 0 Å². The van der Waals surface area contributed by atoms with Crippen molar-refractivity contribution in [3.05, 3.63) is 71.8 Å². The third kappa shape index (κ3) is 5.21. The molecule has 0 saturated heterocycles. The number of rotatable bonds is 6. The van der Waals surface area contributed by atoms with Crippen LogP contribution in [0.3, 0.4) is 0 Å². The Hall–Kier alpha value is -4.65. The van der Waals surface area contributed by atoms with Gasteiger partial charge in [0.2, 0.25) is 0 Å². The number of aromatic nitrogens is 2. The molecule has 0 radical (unpaired) electrons. The second-order valence-corrected chi connectivity index (χ2v) is 8.76. The van der Waals surface area contributed by atoms with Crippen molar-refractivity contribution in [1.29, 1.82) is 0 Å². The maximum absolute atomic E-state index is 15.0. The van der Waals surface area contributed by atoms with E-state index >= 15 is 8.78 Å². The Morgan fingerprint density at radius 2 is 1.97 bits per heavy atom. The predicted octanol–water partition coefficient (Wildman–Crippen LogP) is 4.30. The van der Waals surface area contributed by atoms with Crippen LogP contribution in [-0.2, 0) is 4.74 Å². The molecule has 9 nitrogen and oxygen atoms in total. The Balaban J connectivity index is 1.47. The minimum Gasteiger partial charge on any atom is -0.461 e. The SMILES string of the molecule is CNC(=O)c1cc(F)cc(-c2c[nH]c3nccc(Oc4c(F)cc(NC5=NCC(F)(CO)CO5)cc4F)c23)c1. The Labute approximate surface area is 218 Å². The number of amides is 1. The van der Waals surface area contributed by atoms with Crippen LogP contribution in [0.5, 0.6) is 11.5 Å². The minimum absolute atomic E-state index is 0.0174. The summed E-state index contributed by atoms with van der Waals surface area (Å²) < 4.78 is 69.1. The third-order valence-electron chi connectivity index (χ3n) is 5.95. The number of H-pyrrole nitrogens is 1. The quantitative estimate of drug-likeness (QED) is 0.269. The molecule has 0 aliphatic carbocycles. The van der Waals surface area contributed by atoms with Crippen LogP contribution < -0.4 is 15.4 Å². The first kappa shape index (κ1) is 26.0. The first-order valence-electron chi connectivity index (χ1n) is 11.6. The third-order valence-corrected chi connectivity index (χ3v) is 5.95. The van der Waals surface area contributed by atoms with E-state index in [0.717, 1.165) is 18.2 Å². The first-order valence-corrected chi connectivity index (χ1v) is 11.6. The van der Waals surface area contributed by atoms with Gasteiger partial charge in [-0.15, -0.1) is 0 Å². The lowest BCUT2D eigenvalue weighted by Gasteiger charge is -2.26. The summed E-state index contributed by atoms with van der Waals surface area (Å²) in [6.07, 6.45) is 2.88. The molecule has 0 saturated carbocycles. The van der Waals surface area contributed by atoms with Gasteiger partial charge in [-0.3, -0.25) is 4.79 Å². The molecule has 202 valence electrons. The maximum Gasteiger partial charge on any atom is 0.289 e. The number of aromatic amines is 1. The first-order chi connectivity index (χ1) is 18.7. The summed E-state index contributed by atoms with van der Waals surface area (Å²) in [6.45, 7) is -1.64. The van der Waals surface area contributed by atoms with Crippen molar-refractivity contribution in [1.82, 2.24) is 15.3 Å². The molecule has 4 N–H and O–H groups in total. The van der Waals surface area contributed by atoms with E-state index in [4.69, 9.17) is 14.6 Å². The number of alkyl halides is 1. The highest BCUT2D eigenvalue weighted by Gasteiger charge is 2.34. The lowest BCUT2D eigenvalue weighted by atomic mass is 10.0. The normalized spacial score (nSPS) is 16.9. The Bertz CT molecular complexity index is 1590. The van der Waals surface area contributed by atoms with Crippen molar-refractivity contribution in [2.75, 3.05) is 32.1 Å². The zero-order valence-corrected chi connectivity index (χ0v) is 20.3. The molecule has 0 fully saturated rings. The number of hydrogen-bond donors (Lipinski definition) is 4. The highest BCUT2D eigenvalue weighted by atomic mass is 19.1. The smallest absolute Gasteiger partial charge is 0.289 e. The van der Waals surface area contributed by atoms with Gasteiger partial charge in [0.05, 0.1) is 18.5 Å². The van der Waals surface area contributed by atoms with E-state index in [9.17, 15) is 13.6 Å². The monoisotopic (exact) mass is 543 g/mol. The van der Waals surface area contributed by atoms with Gasteiger partial charge >= 0.3 is 0 Å². The van der Waals surface area contributed by atoms with Gasteiger partial charge in [-0.2, -0.15) is 0 Å². The molecule has 1 aliphatic rings. The molecular weight excluding hydrogens is 522 g/mol. The molecule has 1 amide bonds. The van der Waals surface area contributed by atoms with Crippen LogP contribution in [-0.4, -0.2) is 59.5 Å². The van der Waals surface area contributed by atoms with Gasteiger partial charge in [0.25, 0.3) is 11.9 Å². The fourth-order valence-corrected chi connectivity index (χ4v) is 4.00. The number of pyridine rings is 1. The Morgan fingerprint density at radius 3 is 2.64 bits per heavy atom. The van der Waals surface area contributed by atoms with Gasteiger partial charge < -0.3 is 30.2 Å². The molecule has 3 heterocycles. The van der Waals surface area contributed by atoms with Gasteiger partial charge in [-0.1, -0.05) is 0 Å². The molecule has 1 aliphatic heterocycles. The van der Waals surface area contributed by atoms with E-state index in [1.54, 1.807) is 0 Å². The van der Waals surface area contributed by atoms with Crippen molar-refractivity contribution < 1.29 is 36.9 Å². The highest BCUT2D eigenvalue weighted by molar-refractivity contribution is 6.00. The van der Waals surface area contributed by atoms with E-state index < -0.39 is 48.0 Å². The predicted molar refractivity (Wildman–Crippen MR) is 134 cm³/mol. The minimum atomic E-state index is -2.03. The Morgan fingerprint density at radius 1 is 1.21 bits per heavy atom. The van der Waals surface area contributed by atoms with Crippen LogP contribution in [0.15, 0.2) is 53.8 Å². The molecule has 13 heteroatoms. The van der Waals surface area contributed by atoms with Gasteiger partial charge in [-0.25, -0.2) is 27.5 Å². The number of benzene rings is 2. The average Bonchev–Trinajstić information content (AvgIpc) is 3.36.